The van der Waals surface area contributed by atoms with E-state index >= 15 is 0 Å². The number of hydrogen-bond donors (Lipinski definition) is 1. The van der Waals surface area contributed by atoms with Crippen molar-refractivity contribution < 1.29 is 9.53 Å². The van der Waals surface area contributed by atoms with Gasteiger partial charge in [0.15, 0.2) is 5.78 Å². The zero-order chi connectivity index (χ0) is 12.1. The SMILES string of the molecule is CNCC(C)C(=O)c1cc(C)ccc1OC. The van der Waals surface area contributed by atoms with Crippen LogP contribution in [-0.4, -0.2) is 26.5 Å². The number of methoxy groups -OCH3 is 1. The molecule has 0 heterocycles. The third kappa shape index (κ3) is 2.83. The van der Waals surface area contributed by atoms with Crippen molar-refractivity contribution >= 4 is 5.78 Å². The molecule has 16 heavy (non-hydrogen) atoms. The fourth-order valence-electron chi connectivity index (χ4n) is 1.68. The molecule has 1 atom stereocenters. The normalized spacial score (nSPS) is 12.2. The van der Waals surface area contributed by atoms with E-state index in [0.29, 0.717) is 17.9 Å². The summed E-state index contributed by atoms with van der Waals surface area (Å²) in [6.45, 7) is 4.56. The van der Waals surface area contributed by atoms with E-state index in [0.717, 1.165) is 5.56 Å². The topological polar surface area (TPSA) is 38.3 Å². The molecule has 1 aromatic rings. The fourth-order valence-corrected chi connectivity index (χ4v) is 1.68. The second-order valence-electron chi connectivity index (χ2n) is 4.03. The van der Waals surface area contributed by atoms with Crippen LogP contribution in [0.1, 0.15) is 22.8 Å². The molecule has 3 heteroatoms. The predicted octanol–water partition coefficient (Wildman–Crippen LogP) is 2.04. The molecule has 0 saturated carbocycles. The number of aryl methyl sites for hydroxylation is 1. The molecule has 0 bridgehead atoms. The molecular weight excluding hydrogens is 202 g/mol. The molecule has 0 radical (unpaired) electrons. The van der Waals surface area contributed by atoms with Gasteiger partial charge in [0, 0.05) is 12.5 Å². The molecule has 1 unspecified atom stereocenters. The zero-order valence-electron chi connectivity index (χ0n) is 10.3. The summed E-state index contributed by atoms with van der Waals surface area (Å²) >= 11 is 0. The Morgan fingerprint density at radius 2 is 2.19 bits per heavy atom. The molecule has 1 aromatic carbocycles. The lowest BCUT2D eigenvalue weighted by atomic mass is 9.97. The molecule has 3 nitrogen and oxygen atoms in total. The molecular formula is C13H19NO2. The smallest absolute Gasteiger partial charge is 0.170 e. The monoisotopic (exact) mass is 221 g/mol. The maximum atomic E-state index is 12.1. The lowest BCUT2D eigenvalue weighted by Crippen LogP contribution is -2.24. The Morgan fingerprint density at radius 3 is 2.75 bits per heavy atom. The largest absolute Gasteiger partial charge is 0.496 e. The van der Waals surface area contributed by atoms with E-state index in [2.05, 4.69) is 5.32 Å². The van der Waals surface area contributed by atoms with Crippen LogP contribution in [0, 0.1) is 12.8 Å². The molecule has 0 saturated heterocycles. The van der Waals surface area contributed by atoms with Gasteiger partial charge in [0.25, 0.3) is 0 Å². The van der Waals surface area contributed by atoms with Gasteiger partial charge in [-0.05, 0) is 26.1 Å². The van der Waals surface area contributed by atoms with E-state index < -0.39 is 0 Å². The van der Waals surface area contributed by atoms with Gasteiger partial charge in [0.05, 0.1) is 12.7 Å². The van der Waals surface area contributed by atoms with Crippen LogP contribution in [0.25, 0.3) is 0 Å². The second-order valence-corrected chi connectivity index (χ2v) is 4.03. The Hall–Kier alpha value is -1.35. The Balaban J connectivity index is 3.01. The summed E-state index contributed by atoms with van der Waals surface area (Å²) in [4.78, 5) is 12.1. The van der Waals surface area contributed by atoms with Crippen molar-refractivity contribution in [3.8, 4) is 5.75 Å². The van der Waals surface area contributed by atoms with E-state index in [9.17, 15) is 4.79 Å². The summed E-state index contributed by atoms with van der Waals surface area (Å²) in [6.07, 6.45) is 0. The van der Waals surface area contributed by atoms with Gasteiger partial charge in [0.1, 0.15) is 5.75 Å². The lowest BCUT2D eigenvalue weighted by molar-refractivity contribution is 0.0927. The third-order valence-corrected chi connectivity index (χ3v) is 2.58. The molecule has 1 N–H and O–H groups in total. The van der Waals surface area contributed by atoms with Crippen LogP contribution in [-0.2, 0) is 0 Å². The van der Waals surface area contributed by atoms with E-state index in [1.54, 1.807) is 7.11 Å². The first-order chi connectivity index (χ1) is 7.60. The summed E-state index contributed by atoms with van der Waals surface area (Å²) < 4.78 is 5.21. The Bertz CT molecular complexity index is 374. The third-order valence-electron chi connectivity index (χ3n) is 2.58. The first kappa shape index (κ1) is 12.7. The summed E-state index contributed by atoms with van der Waals surface area (Å²) in [6, 6.07) is 5.67. The summed E-state index contributed by atoms with van der Waals surface area (Å²) in [5.74, 6) is 0.731. The van der Waals surface area contributed by atoms with Crippen molar-refractivity contribution in [2.75, 3.05) is 20.7 Å². The number of carbonyl (C=O) groups is 1. The van der Waals surface area contributed by atoms with Crippen molar-refractivity contribution in [2.45, 2.75) is 13.8 Å². The van der Waals surface area contributed by atoms with E-state index in [1.165, 1.54) is 0 Å². The highest BCUT2D eigenvalue weighted by atomic mass is 16.5. The molecule has 0 aliphatic heterocycles. The van der Waals surface area contributed by atoms with E-state index in [-0.39, 0.29) is 11.7 Å². The highest BCUT2D eigenvalue weighted by Gasteiger charge is 2.18. The minimum atomic E-state index is -0.0410. The summed E-state index contributed by atoms with van der Waals surface area (Å²) in [5.41, 5.74) is 1.74. The maximum absolute atomic E-state index is 12.1. The quantitative estimate of drug-likeness (QED) is 0.773. The number of benzene rings is 1. The number of hydrogen-bond acceptors (Lipinski definition) is 3. The molecule has 0 spiro atoms. The maximum Gasteiger partial charge on any atom is 0.170 e. The second kappa shape index (κ2) is 5.66. The minimum Gasteiger partial charge on any atom is -0.496 e. The average Bonchev–Trinajstić information content (AvgIpc) is 2.28. The van der Waals surface area contributed by atoms with Gasteiger partial charge < -0.3 is 10.1 Å². The van der Waals surface area contributed by atoms with Crippen molar-refractivity contribution in [3.63, 3.8) is 0 Å². The molecule has 0 amide bonds. The number of rotatable bonds is 5. The van der Waals surface area contributed by atoms with Crippen molar-refractivity contribution in [1.82, 2.24) is 5.32 Å². The Kier molecular flexibility index (Phi) is 4.50. The lowest BCUT2D eigenvalue weighted by Gasteiger charge is -2.13. The average molecular weight is 221 g/mol. The predicted molar refractivity (Wildman–Crippen MR) is 65.2 cm³/mol. The first-order valence-corrected chi connectivity index (χ1v) is 5.43. The first-order valence-electron chi connectivity index (χ1n) is 5.43. The van der Waals surface area contributed by atoms with Crippen LogP contribution >= 0.6 is 0 Å². The van der Waals surface area contributed by atoms with Crippen molar-refractivity contribution in [3.05, 3.63) is 29.3 Å². The number of Topliss-reactive ketones (excluding diaryl/α,β-unsaturated/α-hetero) is 1. The molecule has 0 aliphatic rings. The van der Waals surface area contributed by atoms with E-state index in [1.807, 2.05) is 39.1 Å². The standard InChI is InChI=1S/C13H19NO2/c1-9-5-6-12(16-4)11(7-9)13(15)10(2)8-14-3/h5-7,10,14H,8H2,1-4H3. The number of ketones is 1. The van der Waals surface area contributed by atoms with Crippen LogP contribution in [0.5, 0.6) is 5.75 Å². The van der Waals surface area contributed by atoms with E-state index in [4.69, 9.17) is 4.74 Å². The number of nitrogens with one attached hydrogen (secondary N) is 1. The van der Waals surface area contributed by atoms with Crippen LogP contribution in [0.2, 0.25) is 0 Å². The van der Waals surface area contributed by atoms with Gasteiger partial charge in [0.2, 0.25) is 0 Å². The summed E-state index contributed by atoms with van der Waals surface area (Å²) in [5, 5.41) is 3.01. The van der Waals surface area contributed by atoms with Crippen molar-refractivity contribution in [2.24, 2.45) is 5.92 Å². The fraction of sp³-hybridized carbons (Fsp3) is 0.462. The van der Waals surface area contributed by atoms with Gasteiger partial charge in [-0.2, -0.15) is 0 Å². The van der Waals surface area contributed by atoms with Gasteiger partial charge >= 0.3 is 0 Å². The molecule has 0 aromatic heterocycles. The number of carbonyl (C=O) groups excluding carboxylic acids is 1. The van der Waals surface area contributed by atoms with Gasteiger partial charge in [-0.1, -0.05) is 18.6 Å². The van der Waals surface area contributed by atoms with Crippen LogP contribution in [0.4, 0.5) is 0 Å². The van der Waals surface area contributed by atoms with Crippen molar-refractivity contribution in [1.29, 1.82) is 0 Å². The molecule has 0 fully saturated rings. The highest BCUT2D eigenvalue weighted by molar-refractivity contribution is 6.00. The van der Waals surface area contributed by atoms with Crippen LogP contribution in [0.15, 0.2) is 18.2 Å². The van der Waals surface area contributed by atoms with Gasteiger partial charge in [-0.15, -0.1) is 0 Å². The molecule has 1 rings (SSSR count). The summed E-state index contributed by atoms with van der Waals surface area (Å²) in [7, 11) is 3.43. The Morgan fingerprint density at radius 1 is 1.50 bits per heavy atom. The van der Waals surface area contributed by atoms with Gasteiger partial charge in [-0.3, -0.25) is 4.79 Å². The Labute approximate surface area is 96.8 Å². The van der Waals surface area contributed by atoms with Crippen LogP contribution in [0.3, 0.4) is 0 Å². The molecule has 0 aliphatic carbocycles. The highest BCUT2D eigenvalue weighted by Crippen LogP contribution is 2.22. The zero-order valence-corrected chi connectivity index (χ0v) is 10.3. The van der Waals surface area contributed by atoms with Crippen LogP contribution < -0.4 is 10.1 Å². The molecule has 88 valence electrons. The minimum absolute atomic E-state index is 0.0410. The number of ether oxygens (including phenoxy) is 1. The van der Waals surface area contributed by atoms with Gasteiger partial charge in [-0.25, -0.2) is 0 Å².